The third-order valence-corrected chi connectivity index (χ3v) is 2.76. The van der Waals surface area contributed by atoms with Gasteiger partial charge in [0.05, 0.1) is 5.52 Å². The Labute approximate surface area is 89.3 Å². The molecule has 0 bridgehead atoms. The maximum Gasteiger partial charge on any atom is 0.148 e. The standard InChI is InChI=1S/C13H16FN/c1-8-5-6-9-10(14)7-15-12(9)11(8)13(2,3)4/h5-7,15H,1-4H3. The van der Waals surface area contributed by atoms with Crippen molar-refractivity contribution < 1.29 is 4.39 Å². The molecule has 1 aromatic carbocycles. The molecule has 80 valence electrons. The summed E-state index contributed by atoms with van der Waals surface area (Å²) in [4.78, 5) is 3.03. The Kier molecular flexibility index (Phi) is 2.10. The summed E-state index contributed by atoms with van der Waals surface area (Å²) < 4.78 is 13.4. The summed E-state index contributed by atoms with van der Waals surface area (Å²) in [5.74, 6) is -0.171. The normalized spacial score (nSPS) is 12.3. The van der Waals surface area contributed by atoms with E-state index in [0.29, 0.717) is 5.39 Å². The van der Waals surface area contributed by atoms with Gasteiger partial charge < -0.3 is 4.98 Å². The van der Waals surface area contributed by atoms with E-state index >= 15 is 0 Å². The number of aryl methyl sites for hydroxylation is 1. The Morgan fingerprint density at radius 2 is 1.87 bits per heavy atom. The van der Waals surface area contributed by atoms with Crippen molar-refractivity contribution in [2.45, 2.75) is 33.1 Å². The molecule has 2 aromatic rings. The highest BCUT2D eigenvalue weighted by molar-refractivity contribution is 5.85. The summed E-state index contributed by atoms with van der Waals surface area (Å²) in [6.07, 6.45) is 1.43. The van der Waals surface area contributed by atoms with Crippen LogP contribution in [0, 0.1) is 12.7 Å². The average Bonchev–Trinajstić information content (AvgIpc) is 2.45. The number of nitrogens with one attached hydrogen (secondary N) is 1. The molecule has 1 aromatic heterocycles. The van der Waals surface area contributed by atoms with E-state index in [1.165, 1.54) is 17.3 Å². The highest BCUT2D eigenvalue weighted by atomic mass is 19.1. The Balaban J connectivity index is 2.87. The van der Waals surface area contributed by atoms with Gasteiger partial charge in [0.25, 0.3) is 0 Å². The second-order valence-corrected chi connectivity index (χ2v) is 5.07. The van der Waals surface area contributed by atoms with Gasteiger partial charge in [0, 0.05) is 11.6 Å². The average molecular weight is 205 g/mol. The van der Waals surface area contributed by atoms with Crippen LogP contribution in [0.5, 0.6) is 0 Å². The highest BCUT2D eigenvalue weighted by Crippen LogP contribution is 2.32. The predicted molar refractivity (Wildman–Crippen MR) is 61.7 cm³/mol. The van der Waals surface area contributed by atoms with Crippen LogP contribution in [0.1, 0.15) is 31.9 Å². The monoisotopic (exact) mass is 205 g/mol. The number of hydrogen-bond acceptors (Lipinski definition) is 0. The zero-order valence-electron chi connectivity index (χ0n) is 9.61. The lowest BCUT2D eigenvalue weighted by Crippen LogP contribution is -2.13. The van der Waals surface area contributed by atoms with Crippen molar-refractivity contribution in [3.05, 3.63) is 35.3 Å². The van der Waals surface area contributed by atoms with E-state index in [9.17, 15) is 4.39 Å². The molecule has 0 saturated heterocycles. The molecule has 0 aliphatic heterocycles. The second kappa shape index (κ2) is 3.09. The van der Waals surface area contributed by atoms with Gasteiger partial charge in [-0.3, -0.25) is 0 Å². The minimum atomic E-state index is -0.171. The topological polar surface area (TPSA) is 15.8 Å². The van der Waals surface area contributed by atoms with E-state index in [0.717, 1.165) is 5.52 Å². The Morgan fingerprint density at radius 3 is 2.47 bits per heavy atom. The van der Waals surface area contributed by atoms with Crippen LogP contribution in [-0.2, 0) is 5.41 Å². The number of aromatic amines is 1. The molecule has 0 amide bonds. The van der Waals surface area contributed by atoms with Gasteiger partial charge in [-0.05, 0) is 29.5 Å². The maximum atomic E-state index is 13.4. The third-order valence-electron chi connectivity index (χ3n) is 2.76. The lowest BCUT2D eigenvalue weighted by molar-refractivity contribution is 0.591. The molecule has 0 spiro atoms. The van der Waals surface area contributed by atoms with Crippen molar-refractivity contribution in [1.29, 1.82) is 0 Å². The van der Waals surface area contributed by atoms with Gasteiger partial charge in [-0.2, -0.15) is 0 Å². The summed E-state index contributed by atoms with van der Waals surface area (Å²) >= 11 is 0. The Hall–Kier alpha value is -1.31. The first kappa shape index (κ1) is 10.2. The lowest BCUT2D eigenvalue weighted by atomic mass is 9.83. The molecule has 15 heavy (non-hydrogen) atoms. The molecule has 0 aliphatic carbocycles. The third kappa shape index (κ3) is 1.54. The molecule has 0 unspecified atom stereocenters. The molecule has 1 heterocycles. The van der Waals surface area contributed by atoms with Crippen LogP contribution in [0.2, 0.25) is 0 Å². The minimum absolute atomic E-state index is 0.0287. The number of fused-ring (bicyclic) bond motifs is 1. The first-order valence-corrected chi connectivity index (χ1v) is 5.18. The fraction of sp³-hybridized carbons (Fsp3) is 0.385. The van der Waals surface area contributed by atoms with Crippen LogP contribution >= 0.6 is 0 Å². The van der Waals surface area contributed by atoms with E-state index in [4.69, 9.17) is 0 Å². The summed E-state index contributed by atoms with van der Waals surface area (Å²) in [5, 5.41) is 0.686. The van der Waals surface area contributed by atoms with Crippen molar-refractivity contribution in [1.82, 2.24) is 4.98 Å². The van der Waals surface area contributed by atoms with E-state index in [-0.39, 0.29) is 11.2 Å². The van der Waals surface area contributed by atoms with E-state index < -0.39 is 0 Å². The van der Waals surface area contributed by atoms with Crippen molar-refractivity contribution in [2.75, 3.05) is 0 Å². The summed E-state index contributed by atoms with van der Waals surface area (Å²) in [5.41, 5.74) is 3.36. The summed E-state index contributed by atoms with van der Waals surface area (Å²) in [6.45, 7) is 8.51. The van der Waals surface area contributed by atoms with Crippen LogP contribution in [0.15, 0.2) is 18.3 Å². The number of hydrogen-bond donors (Lipinski definition) is 1. The number of aromatic nitrogens is 1. The maximum absolute atomic E-state index is 13.4. The molecule has 0 atom stereocenters. The van der Waals surface area contributed by atoms with Gasteiger partial charge in [-0.1, -0.05) is 26.8 Å². The molecule has 0 aliphatic rings. The van der Waals surface area contributed by atoms with E-state index in [1.807, 2.05) is 12.1 Å². The van der Waals surface area contributed by atoms with E-state index in [1.54, 1.807) is 0 Å². The molecule has 1 N–H and O–H groups in total. The summed E-state index contributed by atoms with van der Waals surface area (Å²) in [7, 11) is 0. The largest absolute Gasteiger partial charge is 0.358 e. The smallest absolute Gasteiger partial charge is 0.148 e. The Bertz CT molecular complexity index is 503. The van der Waals surface area contributed by atoms with Crippen molar-refractivity contribution in [2.24, 2.45) is 0 Å². The fourth-order valence-corrected chi connectivity index (χ4v) is 2.24. The van der Waals surface area contributed by atoms with Crippen LogP contribution < -0.4 is 0 Å². The van der Waals surface area contributed by atoms with Gasteiger partial charge in [-0.15, -0.1) is 0 Å². The van der Waals surface area contributed by atoms with Crippen LogP contribution in [-0.4, -0.2) is 4.98 Å². The minimum Gasteiger partial charge on any atom is -0.358 e. The first-order chi connectivity index (χ1) is 6.91. The quantitative estimate of drug-likeness (QED) is 0.671. The highest BCUT2D eigenvalue weighted by Gasteiger charge is 2.21. The molecule has 2 heteroatoms. The summed E-state index contributed by atoms with van der Waals surface area (Å²) in [6, 6.07) is 3.82. The molecular formula is C13H16FN. The van der Waals surface area contributed by atoms with Crippen LogP contribution in [0.3, 0.4) is 0 Å². The van der Waals surface area contributed by atoms with Crippen molar-refractivity contribution in [3.63, 3.8) is 0 Å². The number of rotatable bonds is 0. The van der Waals surface area contributed by atoms with Crippen LogP contribution in [0.4, 0.5) is 4.39 Å². The fourth-order valence-electron chi connectivity index (χ4n) is 2.24. The van der Waals surface area contributed by atoms with Crippen LogP contribution in [0.25, 0.3) is 10.9 Å². The molecule has 1 nitrogen and oxygen atoms in total. The van der Waals surface area contributed by atoms with Gasteiger partial charge in [0.2, 0.25) is 0 Å². The SMILES string of the molecule is Cc1ccc2c(F)c[nH]c2c1C(C)(C)C. The molecule has 0 radical (unpaired) electrons. The zero-order valence-corrected chi connectivity index (χ0v) is 9.61. The first-order valence-electron chi connectivity index (χ1n) is 5.18. The second-order valence-electron chi connectivity index (χ2n) is 5.07. The molecule has 0 saturated carbocycles. The van der Waals surface area contributed by atoms with Gasteiger partial charge in [-0.25, -0.2) is 4.39 Å². The van der Waals surface area contributed by atoms with Gasteiger partial charge >= 0.3 is 0 Å². The number of benzene rings is 1. The predicted octanol–water partition coefficient (Wildman–Crippen LogP) is 3.91. The van der Waals surface area contributed by atoms with Crippen molar-refractivity contribution in [3.8, 4) is 0 Å². The molecule has 2 rings (SSSR count). The lowest BCUT2D eigenvalue weighted by Gasteiger charge is -2.22. The van der Waals surface area contributed by atoms with Gasteiger partial charge in [0.1, 0.15) is 5.82 Å². The number of H-pyrrole nitrogens is 1. The Morgan fingerprint density at radius 1 is 1.20 bits per heavy atom. The molecule has 0 fully saturated rings. The van der Waals surface area contributed by atoms with Crippen molar-refractivity contribution >= 4 is 10.9 Å². The van der Waals surface area contributed by atoms with E-state index in [2.05, 4.69) is 32.7 Å². The zero-order chi connectivity index (χ0) is 11.2. The van der Waals surface area contributed by atoms with Gasteiger partial charge in [0.15, 0.2) is 0 Å². The number of halogens is 1. The molecular weight excluding hydrogens is 189 g/mol.